The zero-order chi connectivity index (χ0) is 29.0. The third-order valence-corrected chi connectivity index (χ3v) is 7.06. The SMILES string of the molecule is CNNc1ccc(S(N)(=O)=O)cc1.NNc1ccc(S(N)(=O)=O)cc1.NS(=O)(=O)c1ccc(NNCl)cc1. The van der Waals surface area contributed by atoms with E-state index in [9.17, 15) is 25.3 Å². The van der Waals surface area contributed by atoms with Crippen LogP contribution in [0.5, 0.6) is 0 Å². The van der Waals surface area contributed by atoms with Gasteiger partial charge in [0.15, 0.2) is 0 Å². The van der Waals surface area contributed by atoms with Gasteiger partial charge in [0.1, 0.15) is 0 Å². The number of anilines is 3. The van der Waals surface area contributed by atoms with Crippen molar-refractivity contribution >= 4 is 58.9 Å². The molecule has 0 aliphatic heterocycles. The lowest BCUT2D eigenvalue weighted by atomic mass is 10.3. The number of hydrogen-bond donors (Lipinski definition) is 9. The Kier molecular flexibility index (Phi) is 12.8. The molecular formula is C19H28ClN9O6S3. The molecule has 0 aliphatic rings. The predicted octanol–water partition coefficient (Wildman–Crippen LogP) is -0.0958. The lowest BCUT2D eigenvalue weighted by Crippen LogP contribution is -2.15. The summed E-state index contributed by atoms with van der Waals surface area (Å²) in [5.41, 5.74) is 12.5. The molecule has 0 aromatic heterocycles. The van der Waals surface area contributed by atoms with Gasteiger partial charge in [-0.05, 0) is 84.6 Å². The molecule has 15 nitrogen and oxygen atoms in total. The summed E-state index contributed by atoms with van der Waals surface area (Å²) in [6.45, 7) is 0. The van der Waals surface area contributed by atoms with Gasteiger partial charge in [0, 0.05) is 18.4 Å². The van der Waals surface area contributed by atoms with E-state index >= 15 is 0 Å². The number of rotatable bonds is 8. The number of sulfonamides is 3. The molecule has 38 heavy (non-hydrogen) atoms. The molecule has 0 saturated carbocycles. The highest BCUT2D eigenvalue weighted by Gasteiger charge is 2.07. The first kappa shape index (κ1) is 33.0. The number of benzene rings is 3. The largest absolute Gasteiger partial charge is 0.324 e. The topological polar surface area (TPSA) is 267 Å². The van der Waals surface area contributed by atoms with E-state index < -0.39 is 30.1 Å². The molecule has 0 atom stereocenters. The summed E-state index contributed by atoms with van der Waals surface area (Å²) in [5.74, 6) is 5.08. The second-order valence-corrected chi connectivity index (χ2v) is 11.8. The third-order valence-electron chi connectivity index (χ3n) is 4.18. The van der Waals surface area contributed by atoms with Gasteiger partial charge < -0.3 is 16.3 Å². The Bertz CT molecular complexity index is 1390. The van der Waals surface area contributed by atoms with Crippen molar-refractivity contribution in [3.05, 3.63) is 72.8 Å². The van der Waals surface area contributed by atoms with Crippen molar-refractivity contribution in [1.82, 2.24) is 10.4 Å². The van der Waals surface area contributed by atoms with E-state index in [0.717, 1.165) is 5.69 Å². The molecule has 3 aromatic rings. The molecule has 13 N–H and O–H groups in total. The summed E-state index contributed by atoms with van der Waals surface area (Å²) in [6, 6.07) is 17.8. The van der Waals surface area contributed by atoms with Gasteiger partial charge in [-0.1, -0.05) is 0 Å². The van der Waals surface area contributed by atoms with E-state index in [4.69, 9.17) is 33.0 Å². The number of halogens is 1. The van der Waals surface area contributed by atoms with Gasteiger partial charge in [0.05, 0.1) is 20.4 Å². The van der Waals surface area contributed by atoms with Crippen LogP contribution in [0.15, 0.2) is 87.5 Å². The molecule has 19 heteroatoms. The summed E-state index contributed by atoms with van der Waals surface area (Å²) in [4.78, 5) is 2.42. The van der Waals surface area contributed by atoms with Crippen molar-refractivity contribution in [3.63, 3.8) is 0 Å². The summed E-state index contributed by atoms with van der Waals surface area (Å²) < 4.78 is 64.8. The van der Waals surface area contributed by atoms with Gasteiger partial charge in [-0.3, -0.25) is 5.84 Å². The quantitative estimate of drug-likeness (QED) is 0.0920. The second-order valence-electron chi connectivity index (χ2n) is 6.95. The summed E-state index contributed by atoms with van der Waals surface area (Å²) in [6.07, 6.45) is 0. The highest BCUT2D eigenvalue weighted by atomic mass is 35.5. The molecule has 0 unspecified atom stereocenters. The maximum atomic E-state index is 10.8. The van der Waals surface area contributed by atoms with Crippen molar-refractivity contribution in [1.29, 1.82) is 0 Å². The Labute approximate surface area is 226 Å². The van der Waals surface area contributed by atoms with Crippen LogP contribution < -0.4 is 47.9 Å². The van der Waals surface area contributed by atoms with Crippen LogP contribution in [0, 0.1) is 0 Å². The van der Waals surface area contributed by atoms with E-state index in [-0.39, 0.29) is 14.7 Å². The first-order chi connectivity index (χ1) is 17.6. The van der Waals surface area contributed by atoms with Crippen molar-refractivity contribution in [2.75, 3.05) is 23.3 Å². The minimum absolute atomic E-state index is 0.0626. The lowest BCUT2D eigenvalue weighted by Gasteiger charge is -2.03. The number of primary sulfonamides is 3. The molecular weight excluding hydrogens is 582 g/mol. The standard InChI is InChI=1S/C7H11N3O2S.C6H8ClN3O2S.C6H9N3O2S/c1-9-10-6-2-4-7(5-3-6)13(8,11)12;7-10-9-5-1-3-6(4-2-5)13(8,11)12;7-9-5-1-3-6(4-2-5)12(8,10)11/h2-5,9-10H,1H3,(H2,8,11,12);1-4,9-10H,(H2,8,11,12);1-4,9H,7H2,(H2,8,10,11). The van der Waals surface area contributed by atoms with Crippen molar-refractivity contribution in [2.45, 2.75) is 14.7 Å². The first-order valence-electron chi connectivity index (χ1n) is 10.0. The molecule has 0 fully saturated rings. The van der Waals surface area contributed by atoms with Gasteiger partial charge in [-0.25, -0.2) is 46.1 Å². The minimum atomic E-state index is -3.62. The molecule has 210 valence electrons. The van der Waals surface area contributed by atoms with Crippen LogP contribution in [0.25, 0.3) is 0 Å². The predicted molar refractivity (Wildman–Crippen MR) is 147 cm³/mol. The van der Waals surface area contributed by atoms with E-state index in [2.05, 4.69) is 26.6 Å². The van der Waals surface area contributed by atoms with Crippen LogP contribution in [0.3, 0.4) is 0 Å². The van der Waals surface area contributed by atoms with Crippen LogP contribution in [0.4, 0.5) is 17.1 Å². The number of nitrogens with two attached hydrogens (primary N) is 4. The zero-order valence-corrected chi connectivity index (χ0v) is 23.0. The average Bonchev–Trinajstić information content (AvgIpc) is 2.84. The smallest absolute Gasteiger partial charge is 0.238 e. The Hall–Kier alpha value is -3.04. The normalized spacial score (nSPS) is 11.2. The van der Waals surface area contributed by atoms with Gasteiger partial charge in [-0.15, -0.1) is 4.94 Å². The second kappa shape index (κ2) is 14.8. The zero-order valence-electron chi connectivity index (χ0n) is 19.8. The van der Waals surface area contributed by atoms with Gasteiger partial charge >= 0.3 is 0 Å². The van der Waals surface area contributed by atoms with E-state index in [1.165, 1.54) is 60.7 Å². The van der Waals surface area contributed by atoms with E-state index in [1.807, 2.05) is 0 Å². The van der Waals surface area contributed by atoms with Gasteiger partial charge in [-0.2, -0.15) is 0 Å². The Morgan fingerprint density at radius 3 is 1.08 bits per heavy atom. The highest BCUT2D eigenvalue weighted by molar-refractivity contribution is 7.89. The fourth-order valence-corrected chi connectivity index (χ4v) is 4.05. The molecule has 0 radical (unpaired) electrons. The molecule has 0 heterocycles. The van der Waals surface area contributed by atoms with Gasteiger partial charge in [0.2, 0.25) is 30.1 Å². The van der Waals surface area contributed by atoms with Crippen LogP contribution >= 0.6 is 11.8 Å². The summed E-state index contributed by atoms with van der Waals surface area (Å²) >= 11 is 5.16. The molecule has 3 aromatic carbocycles. The number of hydrazine groups is 3. The van der Waals surface area contributed by atoms with E-state index in [1.54, 1.807) is 19.2 Å². The highest BCUT2D eigenvalue weighted by Crippen LogP contribution is 2.13. The molecule has 0 amide bonds. The maximum Gasteiger partial charge on any atom is 0.238 e. The number of nitrogen functional groups attached to an aromatic ring is 1. The van der Waals surface area contributed by atoms with Gasteiger partial charge in [0.25, 0.3) is 0 Å². The number of nitrogens with one attached hydrogen (secondary N) is 5. The molecule has 0 bridgehead atoms. The molecule has 3 rings (SSSR count). The first-order valence-corrected chi connectivity index (χ1v) is 15.0. The lowest BCUT2D eigenvalue weighted by molar-refractivity contribution is 0.596. The maximum absolute atomic E-state index is 10.8. The number of hydrogen-bond acceptors (Lipinski definition) is 12. The molecule has 0 spiro atoms. The van der Waals surface area contributed by atoms with Crippen molar-refractivity contribution in [2.24, 2.45) is 21.3 Å². The van der Waals surface area contributed by atoms with Crippen molar-refractivity contribution < 1.29 is 25.3 Å². The summed E-state index contributed by atoms with van der Waals surface area (Å²) in [5, 5.41) is 14.7. The molecule has 0 aliphatic carbocycles. The Morgan fingerprint density at radius 1 is 0.553 bits per heavy atom. The van der Waals surface area contributed by atoms with Crippen LogP contribution in [0.2, 0.25) is 0 Å². The average molecular weight is 610 g/mol. The van der Waals surface area contributed by atoms with Crippen LogP contribution in [-0.4, -0.2) is 32.3 Å². The van der Waals surface area contributed by atoms with Crippen molar-refractivity contribution in [3.8, 4) is 0 Å². The van der Waals surface area contributed by atoms with E-state index in [0.29, 0.717) is 11.4 Å². The Balaban J connectivity index is 0.000000285. The summed E-state index contributed by atoms with van der Waals surface area (Å²) in [7, 11) is -9.08. The monoisotopic (exact) mass is 609 g/mol. The fourth-order valence-electron chi connectivity index (χ4n) is 2.40. The van der Waals surface area contributed by atoms with Crippen LogP contribution in [0.1, 0.15) is 0 Å². The Morgan fingerprint density at radius 2 is 0.842 bits per heavy atom. The minimum Gasteiger partial charge on any atom is -0.324 e. The fraction of sp³-hybridized carbons (Fsp3) is 0.0526. The molecule has 0 saturated heterocycles. The third kappa shape index (κ3) is 12.0. The van der Waals surface area contributed by atoms with Crippen LogP contribution in [-0.2, 0) is 30.1 Å².